The molecule has 2 aromatic heterocycles. The molecular weight excluding hydrogens is 304 g/mol. The van der Waals surface area contributed by atoms with Crippen molar-refractivity contribution in [3.8, 4) is 0 Å². The number of thiophene rings is 1. The summed E-state index contributed by atoms with van der Waals surface area (Å²) in [5, 5.41) is 5.18. The van der Waals surface area contributed by atoms with E-state index in [4.69, 9.17) is 17.3 Å². The molecule has 0 unspecified atom stereocenters. The van der Waals surface area contributed by atoms with Crippen LogP contribution in [0.25, 0.3) is 10.2 Å². The van der Waals surface area contributed by atoms with Crippen molar-refractivity contribution in [3.63, 3.8) is 0 Å². The lowest BCUT2D eigenvalue weighted by Gasteiger charge is -2.27. The maximum absolute atomic E-state index is 6.11. The van der Waals surface area contributed by atoms with E-state index in [1.807, 2.05) is 0 Å². The van der Waals surface area contributed by atoms with Crippen LogP contribution in [0.1, 0.15) is 42.5 Å². The molecule has 0 amide bonds. The summed E-state index contributed by atoms with van der Waals surface area (Å²) >= 11 is 7.89. The SMILES string of the molecule is N[C@H]1CC[C@H](Nc2nc(Cl)nc3sc4c(c23)CCC4)CC1. The maximum Gasteiger partial charge on any atom is 0.225 e. The lowest BCUT2D eigenvalue weighted by Crippen LogP contribution is -2.33. The van der Waals surface area contributed by atoms with E-state index in [-0.39, 0.29) is 0 Å². The molecule has 4 rings (SSSR count). The van der Waals surface area contributed by atoms with Crippen LogP contribution in [0.2, 0.25) is 5.28 Å². The minimum Gasteiger partial charge on any atom is -0.367 e. The van der Waals surface area contributed by atoms with Crippen LogP contribution >= 0.6 is 22.9 Å². The van der Waals surface area contributed by atoms with Gasteiger partial charge in [-0.15, -0.1) is 11.3 Å². The van der Waals surface area contributed by atoms with Crippen molar-refractivity contribution in [2.24, 2.45) is 5.73 Å². The Bertz CT molecular complexity index is 676. The Morgan fingerprint density at radius 2 is 1.95 bits per heavy atom. The predicted molar refractivity (Wildman–Crippen MR) is 88.3 cm³/mol. The van der Waals surface area contributed by atoms with Crippen LogP contribution in [-0.2, 0) is 12.8 Å². The summed E-state index contributed by atoms with van der Waals surface area (Å²) in [6.45, 7) is 0. The van der Waals surface area contributed by atoms with E-state index in [1.165, 1.54) is 28.7 Å². The van der Waals surface area contributed by atoms with Gasteiger partial charge in [0.25, 0.3) is 0 Å². The topological polar surface area (TPSA) is 63.8 Å². The molecule has 0 bridgehead atoms. The Morgan fingerprint density at radius 1 is 1.14 bits per heavy atom. The van der Waals surface area contributed by atoms with Crippen molar-refractivity contribution in [1.82, 2.24) is 9.97 Å². The van der Waals surface area contributed by atoms with Crippen molar-refractivity contribution in [2.75, 3.05) is 5.32 Å². The average molecular weight is 323 g/mol. The van der Waals surface area contributed by atoms with E-state index in [9.17, 15) is 0 Å². The predicted octanol–water partition coefficient (Wildman–Crippen LogP) is 3.52. The van der Waals surface area contributed by atoms with Gasteiger partial charge in [0.2, 0.25) is 5.28 Å². The van der Waals surface area contributed by atoms with Crippen LogP contribution in [0.15, 0.2) is 0 Å². The zero-order valence-corrected chi connectivity index (χ0v) is 13.4. The zero-order chi connectivity index (χ0) is 14.4. The molecule has 0 atom stereocenters. The highest BCUT2D eigenvalue weighted by Crippen LogP contribution is 2.40. The monoisotopic (exact) mass is 322 g/mol. The van der Waals surface area contributed by atoms with Gasteiger partial charge >= 0.3 is 0 Å². The first-order valence-corrected chi connectivity index (χ1v) is 8.90. The normalized spacial score (nSPS) is 25.2. The van der Waals surface area contributed by atoms with Gasteiger partial charge in [0, 0.05) is 17.0 Å². The van der Waals surface area contributed by atoms with Crippen LogP contribution in [0.5, 0.6) is 0 Å². The van der Waals surface area contributed by atoms with Crippen LogP contribution in [0.4, 0.5) is 5.82 Å². The molecule has 0 aliphatic heterocycles. The van der Waals surface area contributed by atoms with E-state index in [2.05, 4.69) is 15.3 Å². The molecule has 1 saturated carbocycles. The van der Waals surface area contributed by atoms with Gasteiger partial charge < -0.3 is 11.1 Å². The summed E-state index contributed by atoms with van der Waals surface area (Å²) < 4.78 is 0. The Hall–Kier alpha value is -0.910. The van der Waals surface area contributed by atoms with Crippen molar-refractivity contribution in [1.29, 1.82) is 0 Å². The molecule has 0 radical (unpaired) electrons. The van der Waals surface area contributed by atoms with Crippen LogP contribution in [0.3, 0.4) is 0 Å². The number of aromatic nitrogens is 2. The second-order valence-corrected chi connectivity index (χ2v) is 7.56. The first-order chi connectivity index (χ1) is 10.2. The van der Waals surface area contributed by atoms with E-state index < -0.39 is 0 Å². The molecule has 21 heavy (non-hydrogen) atoms. The second kappa shape index (κ2) is 5.38. The Kier molecular flexibility index (Phi) is 3.52. The number of halogens is 1. The smallest absolute Gasteiger partial charge is 0.225 e. The average Bonchev–Trinajstić information content (AvgIpc) is 3.01. The third-order valence-electron chi connectivity index (χ3n) is 4.65. The number of rotatable bonds is 2. The Morgan fingerprint density at radius 3 is 2.76 bits per heavy atom. The lowest BCUT2D eigenvalue weighted by molar-refractivity contribution is 0.410. The zero-order valence-electron chi connectivity index (χ0n) is 11.9. The van der Waals surface area contributed by atoms with Crippen molar-refractivity contribution < 1.29 is 0 Å². The van der Waals surface area contributed by atoms with Gasteiger partial charge in [0.1, 0.15) is 10.6 Å². The van der Waals surface area contributed by atoms with E-state index in [0.717, 1.165) is 42.8 Å². The highest BCUT2D eigenvalue weighted by Gasteiger charge is 2.24. The van der Waals surface area contributed by atoms with Crippen LogP contribution in [-0.4, -0.2) is 22.1 Å². The number of anilines is 1. The molecule has 2 heterocycles. The number of hydrogen-bond donors (Lipinski definition) is 2. The summed E-state index contributed by atoms with van der Waals surface area (Å²) in [6.07, 6.45) is 7.95. The quantitative estimate of drug-likeness (QED) is 0.830. The molecule has 1 fully saturated rings. The maximum atomic E-state index is 6.11. The molecule has 6 heteroatoms. The molecule has 0 saturated heterocycles. The Balaban J connectivity index is 1.70. The third-order valence-corrected chi connectivity index (χ3v) is 6.00. The Labute approximate surface area is 133 Å². The molecule has 0 aromatic carbocycles. The molecule has 2 aliphatic rings. The summed E-state index contributed by atoms with van der Waals surface area (Å²) in [6, 6.07) is 0.818. The largest absolute Gasteiger partial charge is 0.367 e. The number of nitrogens with zero attached hydrogens (tertiary/aromatic N) is 2. The molecule has 2 aromatic rings. The van der Waals surface area contributed by atoms with Gasteiger partial charge in [0.05, 0.1) is 5.39 Å². The molecule has 112 valence electrons. The van der Waals surface area contributed by atoms with Crippen molar-refractivity contribution >= 4 is 39.0 Å². The molecule has 4 nitrogen and oxygen atoms in total. The van der Waals surface area contributed by atoms with Gasteiger partial charge in [-0.3, -0.25) is 0 Å². The minimum atomic E-state index is 0.345. The fraction of sp³-hybridized carbons (Fsp3) is 0.600. The standard InChI is InChI=1S/C15H19ClN4S/c16-15-19-13(18-9-6-4-8(17)5-7-9)12-10-2-1-3-11(10)21-14(12)20-15/h8-9H,1-7,17H2,(H,18,19,20)/t8-,9-. The minimum absolute atomic E-state index is 0.345. The van der Waals surface area contributed by atoms with Crippen LogP contribution < -0.4 is 11.1 Å². The van der Waals surface area contributed by atoms with E-state index >= 15 is 0 Å². The van der Waals surface area contributed by atoms with Gasteiger partial charge in [-0.1, -0.05) is 0 Å². The lowest BCUT2D eigenvalue weighted by atomic mass is 9.92. The molecule has 3 N–H and O–H groups in total. The fourth-order valence-corrected chi connectivity index (χ4v) is 5.01. The van der Waals surface area contributed by atoms with Crippen molar-refractivity contribution in [3.05, 3.63) is 15.7 Å². The first kappa shape index (κ1) is 13.7. The number of hydrogen-bond acceptors (Lipinski definition) is 5. The fourth-order valence-electron chi connectivity index (χ4n) is 3.53. The second-order valence-electron chi connectivity index (χ2n) is 6.13. The summed E-state index contributed by atoms with van der Waals surface area (Å²) in [4.78, 5) is 11.4. The highest BCUT2D eigenvalue weighted by atomic mass is 35.5. The summed E-state index contributed by atoms with van der Waals surface area (Å²) in [5.74, 6) is 0.935. The highest BCUT2D eigenvalue weighted by molar-refractivity contribution is 7.19. The first-order valence-electron chi connectivity index (χ1n) is 7.70. The van der Waals surface area contributed by atoms with Gasteiger partial charge in [-0.05, 0) is 62.1 Å². The summed E-state index contributed by atoms with van der Waals surface area (Å²) in [7, 11) is 0. The van der Waals surface area contributed by atoms with E-state index in [1.54, 1.807) is 11.3 Å². The third kappa shape index (κ3) is 2.51. The van der Waals surface area contributed by atoms with E-state index in [0.29, 0.717) is 17.4 Å². The number of fused-ring (bicyclic) bond motifs is 3. The number of nitrogens with two attached hydrogens (primary N) is 1. The molecular formula is C15H19ClN4S. The van der Waals surface area contributed by atoms with Crippen LogP contribution in [0, 0.1) is 0 Å². The van der Waals surface area contributed by atoms with Gasteiger partial charge in [-0.2, -0.15) is 0 Å². The van der Waals surface area contributed by atoms with Gasteiger partial charge in [-0.25, -0.2) is 9.97 Å². The molecule has 0 spiro atoms. The summed E-state index contributed by atoms with van der Waals surface area (Å²) in [5.41, 5.74) is 7.44. The van der Waals surface area contributed by atoms with Gasteiger partial charge in [0.15, 0.2) is 0 Å². The van der Waals surface area contributed by atoms with Crippen molar-refractivity contribution in [2.45, 2.75) is 57.0 Å². The number of aryl methyl sites for hydroxylation is 2. The number of nitrogens with one attached hydrogen (secondary N) is 1. The molecule has 2 aliphatic carbocycles.